The first-order chi connectivity index (χ1) is 14.3. The maximum absolute atomic E-state index is 5.47. The number of anilines is 1. The van der Waals surface area contributed by atoms with E-state index in [1.807, 2.05) is 19.2 Å². The molecular weight excluding hydrogens is 364 g/mol. The van der Waals surface area contributed by atoms with Gasteiger partial charge in [0, 0.05) is 25.5 Å². The highest BCUT2D eigenvalue weighted by Gasteiger charge is 2.20. The van der Waals surface area contributed by atoms with Gasteiger partial charge < -0.3 is 14.2 Å². The first kappa shape index (κ1) is 17.8. The fraction of sp³-hybridized carbons (Fsp3) is 0.273. The van der Waals surface area contributed by atoms with Gasteiger partial charge in [-0.1, -0.05) is 30.3 Å². The fourth-order valence-electron chi connectivity index (χ4n) is 3.75. The predicted octanol–water partition coefficient (Wildman–Crippen LogP) is 3.08. The van der Waals surface area contributed by atoms with Gasteiger partial charge >= 0.3 is 0 Å². The van der Waals surface area contributed by atoms with Crippen LogP contribution in [-0.2, 0) is 11.3 Å². The van der Waals surface area contributed by atoms with Crippen LogP contribution in [0, 0.1) is 6.92 Å². The van der Waals surface area contributed by atoms with Crippen LogP contribution in [0.2, 0.25) is 0 Å². The summed E-state index contributed by atoms with van der Waals surface area (Å²) < 4.78 is 7.62. The minimum atomic E-state index is 0.717. The lowest BCUT2D eigenvalue weighted by Crippen LogP contribution is -2.36. The van der Waals surface area contributed by atoms with E-state index in [0.29, 0.717) is 13.2 Å². The molecule has 5 rings (SSSR count). The number of hydrogen-bond acceptors (Lipinski definition) is 6. The number of rotatable bonds is 4. The Morgan fingerprint density at radius 3 is 2.59 bits per heavy atom. The molecule has 0 radical (unpaired) electrons. The second-order valence-electron chi connectivity index (χ2n) is 7.15. The van der Waals surface area contributed by atoms with Gasteiger partial charge in [0.2, 0.25) is 0 Å². The van der Waals surface area contributed by atoms with E-state index in [2.05, 4.69) is 54.8 Å². The van der Waals surface area contributed by atoms with E-state index in [9.17, 15) is 0 Å². The van der Waals surface area contributed by atoms with E-state index in [1.165, 1.54) is 5.56 Å². The quantitative estimate of drug-likeness (QED) is 0.537. The van der Waals surface area contributed by atoms with E-state index in [4.69, 9.17) is 9.72 Å². The second kappa shape index (κ2) is 7.60. The smallest absolute Gasteiger partial charge is 0.165 e. The summed E-state index contributed by atoms with van der Waals surface area (Å²) in [5.74, 6) is 1.83. The molecule has 3 aromatic heterocycles. The highest BCUT2D eigenvalue weighted by atomic mass is 16.5. The molecule has 1 saturated heterocycles. The van der Waals surface area contributed by atoms with Crippen molar-refractivity contribution in [1.82, 2.24) is 24.5 Å². The van der Waals surface area contributed by atoms with Gasteiger partial charge in [-0.15, -0.1) is 0 Å². The number of ether oxygens (including phenoxy) is 1. The van der Waals surface area contributed by atoms with Gasteiger partial charge in [0.15, 0.2) is 17.0 Å². The Bertz CT molecular complexity index is 1120. The van der Waals surface area contributed by atoms with Crippen LogP contribution in [0.4, 0.5) is 5.82 Å². The zero-order valence-electron chi connectivity index (χ0n) is 16.3. The highest BCUT2D eigenvalue weighted by Crippen LogP contribution is 2.25. The molecule has 29 heavy (non-hydrogen) atoms. The molecule has 7 heteroatoms. The normalized spacial score (nSPS) is 14.4. The third kappa shape index (κ3) is 3.45. The number of nitrogens with zero attached hydrogens (tertiary/aromatic N) is 6. The van der Waals surface area contributed by atoms with Crippen LogP contribution < -0.4 is 4.90 Å². The number of morpholine rings is 1. The van der Waals surface area contributed by atoms with Crippen LogP contribution in [0.25, 0.3) is 22.3 Å². The molecule has 0 saturated carbocycles. The Balaban J connectivity index is 1.45. The average Bonchev–Trinajstić information content (AvgIpc) is 3.10. The number of fused-ring (bicyclic) bond motifs is 1. The van der Waals surface area contributed by atoms with Gasteiger partial charge in [-0.2, -0.15) is 0 Å². The summed E-state index contributed by atoms with van der Waals surface area (Å²) in [6, 6.07) is 12.6. The Hall–Kier alpha value is -3.32. The Kier molecular flexibility index (Phi) is 4.65. The standard InChI is InChI=1S/C22H22N6O/c1-16-26-20-21(27-9-11-29-12-10-27)24-15-25-22(20)28(16)14-17-4-6-18(7-5-17)19-3-2-8-23-13-19/h2-8,13,15H,9-12,14H2,1H3. The summed E-state index contributed by atoms with van der Waals surface area (Å²) in [6.07, 6.45) is 5.31. The van der Waals surface area contributed by atoms with E-state index in [-0.39, 0.29) is 0 Å². The SMILES string of the molecule is Cc1nc2c(N3CCOCC3)ncnc2n1Cc1ccc(-c2cccnc2)cc1. The van der Waals surface area contributed by atoms with Crippen molar-refractivity contribution < 1.29 is 4.74 Å². The van der Waals surface area contributed by atoms with Gasteiger partial charge in [-0.05, 0) is 29.7 Å². The van der Waals surface area contributed by atoms with Crippen molar-refractivity contribution in [3.8, 4) is 11.1 Å². The molecule has 0 bridgehead atoms. The van der Waals surface area contributed by atoms with E-state index in [0.717, 1.165) is 53.6 Å². The zero-order valence-corrected chi connectivity index (χ0v) is 16.3. The number of hydrogen-bond donors (Lipinski definition) is 0. The van der Waals surface area contributed by atoms with E-state index >= 15 is 0 Å². The summed E-state index contributed by atoms with van der Waals surface area (Å²) in [5.41, 5.74) is 5.21. The average molecular weight is 386 g/mol. The number of imidazole rings is 1. The molecule has 1 fully saturated rings. The van der Waals surface area contributed by atoms with Gasteiger partial charge in [0.05, 0.1) is 19.8 Å². The maximum atomic E-state index is 5.47. The van der Waals surface area contributed by atoms with Crippen molar-refractivity contribution in [2.75, 3.05) is 31.2 Å². The van der Waals surface area contributed by atoms with Crippen LogP contribution in [0.5, 0.6) is 0 Å². The van der Waals surface area contributed by atoms with Gasteiger partial charge in [-0.25, -0.2) is 15.0 Å². The van der Waals surface area contributed by atoms with E-state index < -0.39 is 0 Å². The molecule has 146 valence electrons. The molecule has 7 nitrogen and oxygen atoms in total. The molecule has 0 spiro atoms. The summed E-state index contributed by atoms with van der Waals surface area (Å²) in [5, 5.41) is 0. The van der Waals surface area contributed by atoms with Crippen molar-refractivity contribution in [1.29, 1.82) is 0 Å². The molecule has 0 N–H and O–H groups in total. The lowest BCUT2D eigenvalue weighted by Gasteiger charge is -2.27. The Morgan fingerprint density at radius 1 is 1.00 bits per heavy atom. The highest BCUT2D eigenvalue weighted by molar-refractivity contribution is 5.84. The minimum absolute atomic E-state index is 0.717. The van der Waals surface area contributed by atoms with Gasteiger partial charge in [0.1, 0.15) is 12.2 Å². The molecule has 1 aromatic carbocycles. The van der Waals surface area contributed by atoms with Crippen molar-refractivity contribution in [3.63, 3.8) is 0 Å². The monoisotopic (exact) mass is 386 g/mol. The largest absolute Gasteiger partial charge is 0.378 e. The molecule has 0 aliphatic carbocycles. The Morgan fingerprint density at radius 2 is 1.83 bits per heavy atom. The fourth-order valence-corrected chi connectivity index (χ4v) is 3.75. The van der Waals surface area contributed by atoms with Crippen molar-refractivity contribution >= 4 is 17.0 Å². The second-order valence-corrected chi connectivity index (χ2v) is 7.15. The van der Waals surface area contributed by atoms with Crippen molar-refractivity contribution in [3.05, 3.63) is 66.5 Å². The minimum Gasteiger partial charge on any atom is -0.378 e. The molecule has 4 heterocycles. The number of aromatic nitrogens is 5. The predicted molar refractivity (Wildman–Crippen MR) is 112 cm³/mol. The third-order valence-corrected chi connectivity index (χ3v) is 5.30. The first-order valence-corrected chi connectivity index (χ1v) is 9.79. The summed E-state index contributed by atoms with van der Waals surface area (Å²) >= 11 is 0. The van der Waals surface area contributed by atoms with Crippen LogP contribution in [0.3, 0.4) is 0 Å². The van der Waals surface area contributed by atoms with Gasteiger partial charge in [-0.3, -0.25) is 4.98 Å². The molecule has 1 aliphatic heterocycles. The molecule has 0 atom stereocenters. The number of pyridine rings is 1. The first-order valence-electron chi connectivity index (χ1n) is 9.79. The molecule has 4 aromatic rings. The van der Waals surface area contributed by atoms with Crippen LogP contribution in [-0.4, -0.2) is 50.8 Å². The zero-order chi connectivity index (χ0) is 19.6. The number of benzene rings is 1. The molecule has 0 unspecified atom stereocenters. The maximum Gasteiger partial charge on any atom is 0.165 e. The van der Waals surface area contributed by atoms with Crippen molar-refractivity contribution in [2.24, 2.45) is 0 Å². The molecule has 0 amide bonds. The lowest BCUT2D eigenvalue weighted by molar-refractivity contribution is 0.122. The summed E-state index contributed by atoms with van der Waals surface area (Å²) in [4.78, 5) is 20.3. The summed E-state index contributed by atoms with van der Waals surface area (Å²) in [6.45, 7) is 5.83. The van der Waals surface area contributed by atoms with Crippen LogP contribution in [0.1, 0.15) is 11.4 Å². The topological polar surface area (TPSA) is 69.0 Å². The molecule has 1 aliphatic rings. The van der Waals surface area contributed by atoms with Crippen molar-refractivity contribution in [2.45, 2.75) is 13.5 Å². The molecular formula is C22H22N6O. The van der Waals surface area contributed by atoms with Gasteiger partial charge in [0.25, 0.3) is 0 Å². The lowest BCUT2D eigenvalue weighted by atomic mass is 10.1. The van der Waals surface area contributed by atoms with E-state index in [1.54, 1.807) is 12.5 Å². The third-order valence-electron chi connectivity index (χ3n) is 5.30. The van der Waals surface area contributed by atoms with Crippen LogP contribution >= 0.6 is 0 Å². The van der Waals surface area contributed by atoms with Crippen LogP contribution in [0.15, 0.2) is 55.1 Å². The number of aryl methyl sites for hydroxylation is 1. The summed E-state index contributed by atoms with van der Waals surface area (Å²) in [7, 11) is 0. The Labute approximate surface area is 169 Å².